The van der Waals surface area contributed by atoms with E-state index in [0.717, 1.165) is 22.7 Å². The van der Waals surface area contributed by atoms with Gasteiger partial charge in [0.1, 0.15) is 5.82 Å². The van der Waals surface area contributed by atoms with E-state index in [1.807, 2.05) is 42.5 Å². The zero-order chi connectivity index (χ0) is 22.8. The number of hydrogen-bond donors (Lipinski definition) is 1. The summed E-state index contributed by atoms with van der Waals surface area (Å²) in [5.41, 5.74) is 2.67. The summed E-state index contributed by atoms with van der Waals surface area (Å²) < 4.78 is 14.3. The van der Waals surface area contributed by atoms with Crippen molar-refractivity contribution in [2.75, 3.05) is 11.4 Å². The van der Waals surface area contributed by atoms with Crippen LogP contribution in [0.1, 0.15) is 34.3 Å². The Morgan fingerprint density at radius 3 is 2.52 bits per heavy atom. The molecule has 1 heterocycles. The molecule has 2 aliphatic rings. The Hall–Kier alpha value is -3.38. The number of benzene rings is 3. The van der Waals surface area contributed by atoms with E-state index in [1.54, 1.807) is 35.2 Å². The Bertz CT molecular complexity index is 1230. The van der Waals surface area contributed by atoms with Crippen LogP contribution in [0.3, 0.4) is 0 Å². The molecule has 0 saturated heterocycles. The molecule has 1 aliphatic carbocycles. The van der Waals surface area contributed by atoms with Crippen LogP contribution in [0.4, 0.5) is 10.1 Å². The third-order valence-electron chi connectivity index (χ3n) is 5.84. The predicted octanol–water partition coefficient (Wildman–Crippen LogP) is 5.65. The van der Waals surface area contributed by atoms with Crippen molar-refractivity contribution in [2.24, 2.45) is 5.92 Å². The highest BCUT2D eigenvalue weighted by atomic mass is 32.2. The molecule has 4 nitrogen and oxygen atoms in total. The average molecular weight is 459 g/mol. The second kappa shape index (κ2) is 9.24. The lowest BCUT2D eigenvalue weighted by molar-refractivity contribution is -0.114. The molecule has 3 aromatic rings. The largest absolute Gasteiger partial charge is 0.352 e. The maximum atomic E-state index is 14.3. The number of hydrogen-bond acceptors (Lipinski definition) is 3. The molecule has 0 radical (unpaired) electrons. The average Bonchev–Trinajstić information content (AvgIpc) is 3.66. The Balaban J connectivity index is 1.39. The topological polar surface area (TPSA) is 49.4 Å². The monoisotopic (exact) mass is 458 g/mol. The summed E-state index contributed by atoms with van der Waals surface area (Å²) >= 11 is 1.40. The number of nitrogens with one attached hydrogen (secondary N) is 1. The molecule has 3 aromatic carbocycles. The molecule has 1 N–H and O–H groups in total. The van der Waals surface area contributed by atoms with Crippen LogP contribution >= 0.6 is 11.8 Å². The van der Waals surface area contributed by atoms with Gasteiger partial charge in [-0.1, -0.05) is 54.2 Å². The number of carbonyl (C=O) groups is 2. The second-order valence-electron chi connectivity index (χ2n) is 8.34. The minimum atomic E-state index is -0.331. The third kappa shape index (κ3) is 4.86. The number of halogens is 1. The van der Waals surface area contributed by atoms with Crippen LogP contribution in [-0.4, -0.2) is 18.4 Å². The van der Waals surface area contributed by atoms with Gasteiger partial charge in [-0.15, -0.1) is 0 Å². The molecule has 166 valence electrons. The Morgan fingerprint density at radius 1 is 1.03 bits per heavy atom. The van der Waals surface area contributed by atoms with Gasteiger partial charge in [-0.25, -0.2) is 4.39 Å². The minimum absolute atomic E-state index is 0.0748. The van der Waals surface area contributed by atoms with Crippen LogP contribution in [0.25, 0.3) is 6.08 Å². The highest BCUT2D eigenvalue weighted by Gasteiger charge is 2.29. The number of amides is 2. The lowest BCUT2D eigenvalue weighted by atomic mass is 10.1. The molecule has 5 rings (SSSR count). The summed E-state index contributed by atoms with van der Waals surface area (Å²) in [5, 5.41) is 2.96. The normalized spacial score (nSPS) is 16.6. The van der Waals surface area contributed by atoms with Crippen molar-refractivity contribution in [3.63, 3.8) is 0 Å². The van der Waals surface area contributed by atoms with Crippen molar-refractivity contribution >= 4 is 35.3 Å². The molecular formula is C27H23FN2O2S. The zero-order valence-electron chi connectivity index (χ0n) is 18.0. The summed E-state index contributed by atoms with van der Waals surface area (Å²) in [6.45, 7) is 0.882. The van der Waals surface area contributed by atoms with Crippen molar-refractivity contribution in [3.8, 4) is 0 Å². The highest BCUT2D eigenvalue weighted by Crippen LogP contribution is 2.42. The van der Waals surface area contributed by atoms with Gasteiger partial charge in [0.15, 0.2) is 0 Å². The fourth-order valence-electron chi connectivity index (χ4n) is 3.76. The number of thioether (sulfide) groups is 1. The van der Waals surface area contributed by atoms with E-state index in [1.165, 1.54) is 30.7 Å². The second-order valence-corrected chi connectivity index (χ2v) is 9.42. The Morgan fingerprint density at radius 2 is 1.76 bits per heavy atom. The van der Waals surface area contributed by atoms with Gasteiger partial charge in [0.05, 0.1) is 17.1 Å². The quantitative estimate of drug-likeness (QED) is 0.486. The van der Waals surface area contributed by atoms with Crippen molar-refractivity contribution in [1.29, 1.82) is 0 Å². The molecule has 6 heteroatoms. The predicted molar refractivity (Wildman–Crippen MR) is 129 cm³/mol. The SMILES string of the molecule is O=C(NCC1CC1)c1ccc(/C=C2\Sc3ccccc3N(Cc3ccccc3F)C2=O)cc1. The summed E-state index contributed by atoms with van der Waals surface area (Å²) in [5.74, 6) is 0.0481. The molecule has 0 spiro atoms. The van der Waals surface area contributed by atoms with Gasteiger partial charge in [0.2, 0.25) is 0 Å². The lowest BCUT2D eigenvalue weighted by Crippen LogP contribution is -2.34. The number of carbonyl (C=O) groups excluding carboxylic acids is 2. The van der Waals surface area contributed by atoms with Gasteiger partial charge in [0, 0.05) is 22.6 Å². The zero-order valence-corrected chi connectivity index (χ0v) is 18.8. The van der Waals surface area contributed by atoms with E-state index in [-0.39, 0.29) is 24.2 Å². The molecule has 0 unspecified atom stereocenters. The molecule has 0 aromatic heterocycles. The van der Waals surface area contributed by atoms with Gasteiger partial charge < -0.3 is 10.2 Å². The van der Waals surface area contributed by atoms with Crippen LogP contribution in [0.2, 0.25) is 0 Å². The van der Waals surface area contributed by atoms with E-state index in [9.17, 15) is 14.0 Å². The number of para-hydroxylation sites is 1. The summed E-state index contributed by atoms with van der Waals surface area (Å²) in [6, 6.07) is 21.4. The standard InChI is InChI=1S/C27H23FN2O2S/c28-22-6-2-1-5-21(22)17-30-23-7-3-4-8-24(23)33-25(27(30)32)15-18-11-13-20(14-12-18)26(31)29-16-19-9-10-19/h1-8,11-15,19H,9-10,16-17H2,(H,29,31)/b25-15-. The minimum Gasteiger partial charge on any atom is -0.352 e. The first kappa shape index (κ1) is 21.5. The fraction of sp³-hybridized carbons (Fsp3) is 0.185. The number of fused-ring (bicyclic) bond motifs is 1. The van der Waals surface area contributed by atoms with Crippen molar-refractivity contribution in [3.05, 3.63) is 100 Å². The molecular weight excluding hydrogens is 435 g/mol. The summed E-state index contributed by atoms with van der Waals surface area (Å²) in [7, 11) is 0. The Labute approximate surface area is 196 Å². The number of rotatable bonds is 6. The van der Waals surface area contributed by atoms with Crippen molar-refractivity contribution in [1.82, 2.24) is 5.32 Å². The fourth-order valence-corrected chi connectivity index (χ4v) is 4.82. The molecule has 0 bridgehead atoms. The first-order valence-electron chi connectivity index (χ1n) is 11.0. The molecule has 33 heavy (non-hydrogen) atoms. The van der Waals surface area contributed by atoms with Crippen LogP contribution in [0, 0.1) is 11.7 Å². The number of anilines is 1. The molecule has 0 atom stereocenters. The van der Waals surface area contributed by atoms with Gasteiger partial charge in [-0.2, -0.15) is 0 Å². The maximum Gasteiger partial charge on any atom is 0.265 e. The van der Waals surface area contributed by atoms with Crippen LogP contribution in [0.5, 0.6) is 0 Å². The van der Waals surface area contributed by atoms with Gasteiger partial charge in [-0.05, 0) is 60.7 Å². The van der Waals surface area contributed by atoms with Gasteiger partial charge in [0.25, 0.3) is 11.8 Å². The number of nitrogens with zero attached hydrogens (tertiary/aromatic N) is 1. The van der Waals surface area contributed by atoms with E-state index >= 15 is 0 Å². The van der Waals surface area contributed by atoms with E-state index in [2.05, 4.69) is 5.32 Å². The van der Waals surface area contributed by atoms with Crippen molar-refractivity contribution < 1.29 is 14.0 Å². The van der Waals surface area contributed by atoms with Crippen LogP contribution in [-0.2, 0) is 11.3 Å². The summed E-state index contributed by atoms with van der Waals surface area (Å²) in [4.78, 5) is 28.8. The van der Waals surface area contributed by atoms with E-state index in [4.69, 9.17) is 0 Å². The van der Waals surface area contributed by atoms with E-state index < -0.39 is 0 Å². The van der Waals surface area contributed by atoms with Crippen molar-refractivity contribution in [2.45, 2.75) is 24.3 Å². The van der Waals surface area contributed by atoms with Gasteiger partial charge in [-0.3, -0.25) is 9.59 Å². The van der Waals surface area contributed by atoms with Crippen LogP contribution in [0.15, 0.2) is 82.6 Å². The van der Waals surface area contributed by atoms with Crippen LogP contribution < -0.4 is 10.2 Å². The third-order valence-corrected chi connectivity index (χ3v) is 6.91. The molecule has 1 fully saturated rings. The molecule has 1 saturated carbocycles. The maximum absolute atomic E-state index is 14.3. The summed E-state index contributed by atoms with van der Waals surface area (Å²) in [6.07, 6.45) is 4.20. The van der Waals surface area contributed by atoms with E-state index in [0.29, 0.717) is 21.9 Å². The lowest BCUT2D eigenvalue weighted by Gasteiger charge is -2.30. The molecule has 2 amide bonds. The highest BCUT2D eigenvalue weighted by molar-refractivity contribution is 8.04. The Kier molecular flexibility index (Phi) is 6.01. The van der Waals surface area contributed by atoms with Gasteiger partial charge >= 0.3 is 0 Å². The first-order valence-corrected chi connectivity index (χ1v) is 11.8. The molecule has 1 aliphatic heterocycles. The smallest absolute Gasteiger partial charge is 0.265 e. The first-order chi connectivity index (χ1) is 16.1.